The number of likely N-dealkylation sites (N-methyl/N-ethyl adjacent to an activating group) is 1. The van der Waals surface area contributed by atoms with E-state index in [1.165, 1.54) is 5.57 Å². The standard InChI is InChI=1S/C39H49ClFN3O4/c1-23-18-42-37(46)26-9-13-35-34(17-26)44(20-38(22-48-35)14-6-7-30-32(38)11-12-33(40)36(30)41)19-27-8-10-31(27)39(47-5,21-43(4)25(3)45)29-15-28(16-29)24(23)2/h9,11-13,15,17,23-24,27-28,31H,6-8,10,14,16,18-22H2,1-5H3,(H,42,46)/t23-,24+,27-,28-,31+,38-,39-/m0/s1. The first-order valence-corrected chi connectivity index (χ1v) is 18.1. The Morgan fingerprint density at radius 3 is 2.73 bits per heavy atom. The second kappa shape index (κ2) is 12.7. The molecule has 3 heterocycles. The predicted molar refractivity (Wildman–Crippen MR) is 186 cm³/mol. The van der Waals surface area contributed by atoms with Crippen LogP contribution in [0.15, 0.2) is 42.0 Å². The molecular formula is C39H49ClFN3O4. The maximum absolute atomic E-state index is 15.5. The molecule has 8 rings (SSSR count). The number of hydrogen-bond acceptors (Lipinski definition) is 5. The van der Waals surface area contributed by atoms with Crippen LogP contribution >= 0.6 is 11.6 Å². The van der Waals surface area contributed by atoms with Crippen LogP contribution in [0, 0.1) is 35.4 Å². The lowest BCUT2D eigenvalue weighted by Gasteiger charge is -2.55. The fourth-order valence-electron chi connectivity index (χ4n) is 9.34. The number of methoxy groups -OCH3 is 1. The number of benzene rings is 2. The van der Waals surface area contributed by atoms with Gasteiger partial charge in [-0.05, 0) is 109 Å². The van der Waals surface area contributed by atoms with E-state index in [2.05, 4.69) is 30.1 Å². The average molecular weight is 678 g/mol. The van der Waals surface area contributed by atoms with Gasteiger partial charge in [0.25, 0.3) is 5.91 Å². The van der Waals surface area contributed by atoms with Crippen molar-refractivity contribution in [3.8, 4) is 5.75 Å². The van der Waals surface area contributed by atoms with E-state index < -0.39 is 11.0 Å². The minimum absolute atomic E-state index is 0.0278. The summed E-state index contributed by atoms with van der Waals surface area (Å²) in [6.45, 7) is 8.98. The smallest absolute Gasteiger partial charge is 0.251 e. The van der Waals surface area contributed by atoms with Gasteiger partial charge in [-0.3, -0.25) is 9.59 Å². The molecule has 7 nitrogen and oxygen atoms in total. The van der Waals surface area contributed by atoms with E-state index in [1.54, 1.807) is 13.0 Å². The maximum Gasteiger partial charge on any atom is 0.251 e. The number of hydrogen-bond donors (Lipinski definition) is 1. The van der Waals surface area contributed by atoms with Gasteiger partial charge in [-0.15, -0.1) is 0 Å². The third-order valence-electron chi connectivity index (χ3n) is 12.8. The first-order valence-electron chi connectivity index (χ1n) is 17.7. The van der Waals surface area contributed by atoms with Gasteiger partial charge in [-0.25, -0.2) is 4.39 Å². The molecule has 3 aliphatic carbocycles. The summed E-state index contributed by atoms with van der Waals surface area (Å²) in [6.07, 6.45) is 7.72. The Bertz CT molecular complexity index is 1650. The van der Waals surface area contributed by atoms with Crippen molar-refractivity contribution in [1.82, 2.24) is 10.2 Å². The Balaban J connectivity index is 1.33. The van der Waals surface area contributed by atoms with Crippen LogP contribution in [0.1, 0.15) is 74.4 Å². The van der Waals surface area contributed by atoms with Gasteiger partial charge in [0.15, 0.2) is 0 Å². The number of allylic oxidation sites excluding steroid dienone is 1. The molecule has 258 valence electrons. The molecule has 4 bridgehead atoms. The fraction of sp³-hybridized carbons (Fsp3) is 0.590. The summed E-state index contributed by atoms with van der Waals surface area (Å²) in [5.41, 5.74) is 3.45. The van der Waals surface area contributed by atoms with E-state index in [-0.39, 0.29) is 40.4 Å². The Hall–Kier alpha value is -3.10. The van der Waals surface area contributed by atoms with Crippen molar-refractivity contribution in [1.29, 1.82) is 0 Å². The van der Waals surface area contributed by atoms with E-state index in [4.69, 9.17) is 21.1 Å². The van der Waals surface area contributed by atoms with Crippen molar-refractivity contribution in [2.75, 3.05) is 51.8 Å². The summed E-state index contributed by atoms with van der Waals surface area (Å²) in [6, 6.07) is 9.44. The van der Waals surface area contributed by atoms with E-state index >= 15 is 4.39 Å². The zero-order valence-electron chi connectivity index (χ0n) is 28.9. The van der Waals surface area contributed by atoms with Crippen molar-refractivity contribution in [2.24, 2.45) is 29.6 Å². The van der Waals surface area contributed by atoms with Gasteiger partial charge in [0.1, 0.15) is 17.2 Å². The van der Waals surface area contributed by atoms with Crippen molar-refractivity contribution in [3.05, 3.63) is 69.5 Å². The van der Waals surface area contributed by atoms with Gasteiger partial charge < -0.3 is 24.6 Å². The van der Waals surface area contributed by atoms with Crippen molar-refractivity contribution < 1.29 is 23.5 Å². The molecule has 0 unspecified atom stereocenters. The molecule has 1 spiro atoms. The molecule has 2 aromatic carbocycles. The molecular weight excluding hydrogens is 629 g/mol. The van der Waals surface area contributed by atoms with Gasteiger partial charge in [0.2, 0.25) is 5.91 Å². The second-order valence-electron chi connectivity index (χ2n) is 15.4. The Morgan fingerprint density at radius 2 is 2.02 bits per heavy atom. The molecule has 1 fully saturated rings. The number of halogens is 2. The molecule has 1 N–H and O–H groups in total. The molecule has 9 heteroatoms. The van der Waals surface area contributed by atoms with Gasteiger partial charge in [-0.2, -0.15) is 0 Å². The third-order valence-corrected chi connectivity index (χ3v) is 13.1. The fourth-order valence-corrected chi connectivity index (χ4v) is 9.51. The largest absolute Gasteiger partial charge is 0.490 e. The highest BCUT2D eigenvalue weighted by atomic mass is 35.5. The third kappa shape index (κ3) is 5.51. The Morgan fingerprint density at radius 1 is 1.23 bits per heavy atom. The van der Waals surface area contributed by atoms with E-state index in [9.17, 15) is 9.59 Å². The van der Waals surface area contributed by atoms with Crippen LogP contribution < -0.4 is 15.0 Å². The van der Waals surface area contributed by atoms with Crippen molar-refractivity contribution in [3.63, 3.8) is 0 Å². The van der Waals surface area contributed by atoms with Crippen LogP contribution in [0.4, 0.5) is 10.1 Å². The zero-order valence-corrected chi connectivity index (χ0v) is 29.7. The monoisotopic (exact) mass is 677 g/mol. The van der Waals surface area contributed by atoms with Crippen LogP contribution in [-0.4, -0.2) is 69.3 Å². The van der Waals surface area contributed by atoms with Crippen LogP contribution in [0.3, 0.4) is 0 Å². The van der Waals surface area contributed by atoms with Gasteiger partial charge in [-0.1, -0.05) is 37.6 Å². The highest BCUT2D eigenvalue weighted by molar-refractivity contribution is 6.30. The van der Waals surface area contributed by atoms with E-state index in [1.807, 2.05) is 43.3 Å². The lowest BCUT2D eigenvalue weighted by molar-refractivity contribution is -0.138. The van der Waals surface area contributed by atoms with Gasteiger partial charge in [0, 0.05) is 51.7 Å². The highest BCUT2D eigenvalue weighted by Gasteiger charge is 2.54. The van der Waals surface area contributed by atoms with Crippen molar-refractivity contribution >= 4 is 29.1 Å². The highest BCUT2D eigenvalue weighted by Crippen LogP contribution is 2.54. The summed E-state index contributed by atoms with van der Waals surface area (Å²) in [5, 5.41) is 3.37. The van der Waals surface area contributed by atoms with Crippen LogP contribution in [0.5, 0.6) is 5.75 Å². The number of nitrogens with zero attached hydrogens (tertiary/aromatic N) is 2. The van der Waals surface area contributed by atoms with Gasteiger partial charge >= 0.3 is 0 Å². The molecule has 1 saturated carbocycles. The summed E-state index contributed by atoms with van der Waals surface area (Å²) in [7, 11) is 3.69. The number of nitrogens with one attached hydrogen (secondary N) is 1. The number of rotatable bonds is 3. The first-order chi connectivity index (χ1) is 23.0. The second-order valence-corrected chi connectivity index (χ2v) is 15.8. The number of ether oxygens (including phenoxy) is 2. The van der Waals surface area contributed by atoms with Crippen molar-refractivity contribution in [2.45, 2.75) is 70.3 Å². The molecule has 2 amide bonds. The predicted octanol–water partition coefficient (Wildman–Crippen LogP) is 6.80. The minimum Gasteiger partial charge on any atom is -0.490 e. The normalized spacial score (nSPS) is 32.7. The molecule has 0 saturated heterocycles. The Kier molecular flexibility index (Phi) is 8.81. The summed E-state index contributed by atoms with van der Waals surface area (Å²) in [4.78, 5) is 30.4. The zero-order chi connectivity index (χ0) is 34.0. The number of carbonyl (C=O) groups excluding carboxylic acids is 2. The Labute approximate surface area is 289 Å². The van der Waals surface area contributed by atoms with Crippen LogP contribution in [-0.2, 0) is 21.4 Å². The summed E-state index contributed by atoms with van der Waals surface area (Å²) < 4.78 is 28.7. The lowest BCUT2D eigenvalue weighted by Crippen LogP contribution is -2.60. The SMILES string of the molecule is CO[C@@]1(CN(C)C(C)=O)C2=C[C@@H](C2)[C@H](C)[C@@H](C)CNC(=O)c2ccc3c(c2)N(C[C@@H]2CC[C@H]21)C[C@@]1(CCCc2c1ccc(Cl)c2F)CO3. The van der Waals surface area contributed by atoms with Gasteiger partial charge in [0.05, 0.1) is 23.9 Å². The summed E-state index contributed by atoms with van der Waals surface area (Å²) >= 11 is 6.28. The van der Waals surface area contributed by atoms with Crippen LogP contribution in [0.2, 0.25) is 5.02 Å². The summed E-state index contributed by atoms with van der Waals surface area (Å²) in [5.74, 6) is 1.90. The molecule has 48 heavy (non-hydrogen) atoms. The lowest BCUT2D eigenvalue weighted by atomic mass is 9.57. The maximum atomic E-state index is 15.5. The average Bonchev–Trinajstić information content (AvgIpc) is 3.18. The molecule has 0 radical (unpaired) electrons. The molecule has 0 aromatic heterocycles. The minimum atomic E-state index is -0.573. The molecule has 7 atom stereocenters. The number of carbonyl (C=O) groups is 2. The molecule has 2 aromatic rings. The first kappa shape index (κ1) is 33.4. The number of fused-ring (bicyclic) bond motifs is 6. The number of anilines is 1. The van der Waals surface area contributed by atoms with E-state index in [0.29, 0.717) is 55.6 Å². The van der Waals surface area contributed by atoms with E-state index in [0.717, 1.165) is 55.6 Å². The molecule has 3 aliphatic heterocycles. The topological polar surface area (TPSA) is 71.1 Å². The quantitative estimate of drug-likeness (QED) is 0.362. The molecule has 6 aliphatic rings. The van der Waals surface area contributed by atoms with Crippen LogP contribution in [0.25, 0.3) is 0 Å². The number of amides is 2.